The number of piperidine rings is 1. The fourth-order valence-electron chi connectivity index (χ4n) is 7.47. The zero-order valence-corrected chi connectivity index (χ0v) is 29.1. The molecule has 2 aliphatic rings. The lowest BCUT2D eigenvalue weighted by molar-refractivity contribution is -0.139. The second-order valence-corrected chi connectivity index (χ2v) is 14.0. The van der Waals surface area contributed by atoms with E-state index in [9.17, 15) is 19.2 Å². The molecule has 1 aliphatic carbocycles. The van der Waals surface area contributed by atoms with Crippen molar-refractivity contribution in [1.29, 1.82) is 0 Å². The van der Waals surface area contributed by atoms with E-state index in [1.165, 1.54) is 6.92 Å². The van der Waals surface area contributed by atoms with Crippen molar-refractivity contribution in [3.63, 3.8) is 0 Å². The van der Waals surface area contributed by atoms with E-state index in [1.54, 1.807) is 15.7 Å². The summed E-state index contributed by atoms with van der Waals surface area (Å²) in [5.74, 6) is -0.214. The Kier molecular flexibility index (Phi) is 10.4. The van der Waals surface area contributed by atoms with Crippen molar-refractivity contribution in [1.82, 2.24) is 19.7 Å². The fraction of sp³-hybridized carbons (Fsp3) is 0.450. The summed E-state index contributed by atoms with van der Waals surface area (Å²) >= 11 is 0. The quantitative estimate of drug-likeness (QED) is 0.0919. The molecule has 1 aromatic carbocycles. The molecule has 1 aliphatic heterocycles. The number of Topliss-reactive ketones (excluding diaryl/α,β-unsaturated/α-hetero) is 3. The lowest BCUT2D eigenvalue weighted by Crippen LogP contribution is -2.45. The maximum absolute atomic E-state index is 14.4. The van der Waals surface area contributed by atoms with Crippen LogP contribution in [0.4, 0.5) is 0 Å². The molecule has 0 unspecified atom stereocenters. The van der Waals surface area contributed by atoms with Gasteiger partial charge in [-0.1, -0.05) is 29.9 Å². The molecule has 3 heterocycles. The Hall–Kier alpha value is -4.46. The second-order valence-electron chi connectivity index (χ2n) is 14.0. The molecule has 1 saturated carbocycles. The summed E-state index contributed by atoms with van der Waals surface area (Å²) in [6.45, 7) is 17.0. The van der Waals surface area contributed by atoms with E-state index in [-0.39, 0.29) is 47.7 Å². The standard InChI is InChI=1S/C40H48N4O4/c1-8-10-11-13-31(46)16-17-40-22-34(35(47)21-33-26(5)14-15-27(6)41-33)44(36(40)23-40)37(48)24-43-39-30(12-9-2)19-29(18-25(3)4)20-32(39)38(42-43)28(7)45/h8-9,14-15,18-20,34,36H,1-2,10-13,16-17,21-24H2,3-7H3/t34-,36+,40-/m0/s1. The number of rotatable bonds is 16. The Balaban J connectivity index is 1.47. The van der Waals surface area contributed by atoms with Crippen molar-refractivity contribution < 1.29 is 19.2 Å². The minimum atomic E-state index is -0.611. The van der Waals surface area contributed by atoms with E-state index >= 15 is 0 Å². The van der Waals surface area contributed by atoms with Crippen LogP contribution in [-0.4, -0.2) is 55.0 Å². The van der Waals surface area contributed by atoms with Crippen LogP contribution in [0.25, 0.3) is 17.0 Å². The van der Waals surface area contributed by atoms with E-state index in [1.807, 2.05) is 52.0 Å². The maximum Gasteiger partial charge on any atom is 0.245 e. The van der Waals surface area contributed by atoms with Gasteiger partial charge in [0.25, 0.3) is 0 Å². The van der Waals surface area contributed by atoms with Gasteiger partial charge < -0.3 is 4.90 Å². The number of carbonyl (C=O) groups is 4. The molecule has 5 rings (SSSR count). The summed E-state index contributed by atoms with van der Waals surface area (Å²) in [6.07, 6.45) is 10.9. The zero-order chi connectivity index (χ0) is 34.7. The van der Waals surface area contributed by atoms with Gasteiger partial charge in [-0.3, -0.25) is 28.8 Å². The normalized spacial score (nSPS) is 19.6. The van der Waals surface area contributed by atoms with Crippen molar-refractivity contribution in [2.75, 3.05) is 0 Å². The van der Waals surface area contributed by atoms with E-state index in [0.717, 1.165) is 58.4 Å². The van der Waals surface area contributed by atoms with Gasteiger partial charge in [-0.05, 0) is 107 Å². The molecule has 8 nitrogen and oxygen atoms in total. The minimum absolute atomic E-state index is 0.0399. The van der Waals surface area contributed by atoms with Crippen LogP contribution in [-0.2, 0) is 33.8 Å². The predicted octanol–water partition coefficient (Wildman–Crippen LogP) is 7.28. The molecule has 2 aromatic heterocycles. The van der Waals surface area contributed by atoms with Crippen molar-refractivity contribution >= 4 is 40.2 Å². The average molecular weight is 649 g/mol. The van der Waals surface area contributed by atoms with E-state index in [0.29, 0.717) is 43.2 Å². The highest BCUT2D eigenvalue weighted by Crippen LogP contribution is 2.62. The summed E-state index contributed by atoms with van der Waals surface area (Å²) in [5, 5.41) is 5.39. The highest BCUT2D eigenvalue weighted by molar-refractivity contribution is 6.06. The third-order valence-electron chi connectivity index (χ3n) is 9.91. The van der Waals surface area contributed by atoms with Crippen LogP contribution in [0.15, 0.2) is 55.1 Å². The second kappa shape index (κ2) is 14.3. The molecule has 2 fully saturated rings. The highest BCUT2D eigenvalue weighted by Gasteiger charge is 2.66. The van der Waals surface area contributed by atoms with Gasteiger partial charge in [-0.15, -0.1) is 13.2 Å². The molecule has 3 atom stereocenters. The van der Waals surface area contributed by atoms with Gasteiger partial charge >= 0.3 is 0 Å². The number of benzene rings is 1. The predicted molar refractivity (Wildman–Crippen MR) is 190 cm³/mol. The van der Waals surface area contributed by atoms with Gasteiger partial charge in [0, 0.05) is 36.9 Å². The van der Waals surface area contributed by atoms with Gasteiger partial charge in [0.2, 0.25) is 5.91 Å². The minimum Gasteiger partial charge on any atom is -0.327 e. The fourth-order valence-corrected chi connectivity index (χ4v) is 7.47. The molecule has 0 spiro atoms. The first-order chi connectivity index (χ1) is 22.9. The van der Waals surface area contributed by atoms with Gasteiger partial charge in [0.1, 0.15) is 18.0 Å². The molecule has 8 heteroatoms. The lowest BCUT2D eigenvalue weighted by atomic mass is 9.90. The number of fused-ring (bicyclic) bond motifs is 2. The first-order valence-corrected chi connectivity index (χ1v) is 17.1. The van der Waals surface area contributed by atoms with Gasteiger partial charge in [-0.2, -0.15) is 5.10 Å². The van der Waals surface area contributed by atoms with Crippen molar-refractivity contribution in [2.24, 2.45) is 5.41 Å². The molecule has 1 saturated heterocycles. The van der Waals surface area contributed by atoms with E-state index in [4.69, 9.17) is 5.10 Å². The number of ketones is 3. The van der Waals surface area contributed by atoms with Gasteiger partial charge in [-0.25, -0.2) is 0 Å². The van der Waals surface area contributed by atoms with Gasteiger partial charge in [0.15, 0.2) is 11.6 Å². The lowest BCUT2D eigenvalue weighted by Gasteiger charge is -2.27. The number of hydrogen-bond acceptors (Lipinski definition) is 6. The number of nitrogens with zero attached hydrogens (tertiary/aromatic N) is 4. The number of carbonyl (C=O) groups excluding carboxylic acids is 4. The highest BCUT2D eigenvalue weighted by atomic mass is 16.2. The molecule has 3 aromatic rings. The molecule has 252 valence electrons. The van der Waals surface area contributed by atoms with Crippen LogP contribution in [0, 0.1) is 19.3 Å². The van der Waals surface area contributed by atoms with Crippen LogP contribution in [0.2, 0.25) is 0 Å². The van der Waals surface area contributed by atoms with Crippen LogP contribution in [0.5, 0.6) is 0 Å². The smallest absolute Gasteiger partial charge is 0.245 e. The third kappa shape index (κ3) is 7.33. The van der Waals surface area contributed by atoms with E-state index in [2.05, 4.69) is 30.3 Å². The monoisotopic (exact) mass is 648 g/mol. The van der Waals surface area contributed by atoms with Crippen LogP contribution in [0.3, 0.4) is 0 Å². The molecule has 0 bridgehead atoms. The van der Waals surface area contributed by atoms with E-state index < -0.39 is 6.04 Å². The Morgan fingerprint density at radius 2 is 1.79 bits per heavy atom. The first-order valence-electron chi connectivity index (χ1n) is 17.1. The summed E-state index contributed by atoms with van der Waals surface area (Å²) in [6, 6.07) is 7.19. The van der Waals surface area contributed by atoms with Crippen LogP contribution in [0.1, 0.15) is 104 Å². The number of aromatic nitrogens is 3. The number of pyridine rings is 1. The number of allylic oxidation sites excluding steroid dienone is 3. The van der Waals surface area contributed by atoms with Crippen LogP contribution < -0.4 is 0 Å². The summed E-state index contributed by atoms with van der Waals surface area (Å²) < 4.78 is 1.64. The zero-order valence-electron chi connectivity index (χ0n) is 29.1. The Bertz CT molecular complexity index is 1830. The summed E-state index contributed by atoms with van der Waals surface area (Å²) in [5.41, 5.74) is 6.31. The Labute approximate surface area is 284 Å². The molecule has 1 amide bonds. The summed E-state index contributed by atoms with van der Waals surface area (Å²) in [7, 11) is 0. The maximum atomic E-state index is 14.4. The van der Waals surface area contributed by atoms with Crippen molar-refractivity contribution in [3.8, 4) is 0 Å². The first kappa shape index (κ1) is 34.9. The third-order valence-corrected chi connectivity index (χ3v) is 9.91. The molecule has 0 radical (unpaired) electrons. The number of likely N-dealkylation sites (tertiary alicyclic amines) is 1. The van der Waals surface area contributed by atoms with Gasteiger partial charge in [0.05, 0.1) is 23.7 Å². The molecule has 48 heavy (non-hydrogen) atoms. The molecular formula is C40H48N4O4. The number of unbranched alkanes of at least 4 members (excludes halogenated alkanes) is 1. The molecular weight excluding hydrogens is 600 g/mol. The van der Waals surface area contributed by atoms with Crippen molar-refractivity contribution in [3.05, 3.63) is 88.9 Å². The number of aryl methyl sites for hydroxylation is 2. The topological polar surface area (TPSA) is 102 Å². The molecule has 0 N–H and O–H groups in total. The van der Waals surface area contributed by atoms with Crippen molar-refractivity contribution in [2.45, 2.75) is 111 Å². The largest absolute Gasteiger partial charge is 0.327 e. The summed E-state index contributed by atoms with van der Waals surface area (Å²) in [4.78, 5) is 60.4. The number of amides is 1. The number of hydrogen-bond donors (Lipinski definition) is 0. The Morgan fingerprint density at radius 3 is 2.48 bits per heavy atom. The SMILES string of the molecule is C=CCCCC(=O)CC[C@@]12C[C@@H](C(=O)Cc3nc(C)ccc3C)N(C(=O)Cn3nc(C(C)=O)c4cc(C=C(C)C)cc(CC=C)c43)[C@@H]1C2. The Morgan fingerprint density at radius 1 is 1.02 bits per heavy atom. The average Bonchev–Trinajstić information content (AvgIpc) is 3.43. The van der Waals surface area contributed by atoms with Crippen LogP contribution >= 0.6 is 0 Å².